The number of benzene rings is 1. The predicted molar refractivity (Wildman–Crippen MR) is 88.9 cm³/mol. The molecule has 1 aromatic heterocycles. The Morgan fingerprint density at radius 1 is 1.33 bits per heavy atom. The number of aryl methyl sites for hydroxylation is 1. The zero-order chi connectivity index (χ0) is 14.5. The van der Waals surface area contributed by atoms with Crippen molar-refractivity contribution in [3.05, 3.63) is 24.3 Å². The van der Waals surface area contributed by atoms with Crippen LogP contribution in [0.3, 0.4) is 0 Å². The molecule has 0 aliphatic carbocycles. The van der Waals surface area contributed by atoms with Crippen LogP contribution in [0.1, 0.15) is 32.6 Å². The second kappa shape index (κ2) is 7.32. The van der Waals surface area contributed by atoms with Gasteiger partial charge in [-0.15, -0.1) is 0 Å². The molecular weight excluding hydrogens is 280 g/mol. The molecule has 1 atom stereocenters. The first-order chi connectivity index (χ1) is 10.4. The van der Waals surface area contributed by atoms with E-state index < -0.39 is 0 Å². The molecule has 1 fully saturated rings. The fraction of sp³-hybridized carbons (Fsp3) is 0.588. The summed E-state index contributed by atoms with van der Waals surface area (Å²) in [5.74, 6) is 1.82. The Morgan fingerprint density at radius 2 is 2.24 bits per heavy atom. The second-order valence-corrected chi connectivity index (χ2v) is 6.77. The van der Waals surface area contributed by atoms with Crippen molar-refractivity contribution in [3.63, 3.8) is 0 Å². The number of aromatic nitrogens is 2. The fourth-order valence-corrected chi connectivity index (χ4v) is 3.96. The third-order valence-corrected chi connectivity index (χ3v) is 5.28. The van der Waals surface area contributed by atoms with Crippen LogP contribution in [0.25, 0.3) is 11.0 Å². The number of rotatable bonds is 7. The molecular formula is C17H24N2OS. The van der Waals surface area contributed by atoms with E-state index in [0.717, 1.165) is 31.0 Å². The Balaban J connectivity index is 1.76. The molecule has 2 heterocycles. The number of thioether (sulfide) groups is 1. The average Bonchev–Trinajstić information content (AvgIpc) is 3.13. The van der Waals surface area contributed by atoms with Crippen LogP contribution in [-0.4, -0.2) is 28.5 Å². The van der Waals surface area contributed by atoms with Crippen molar-refractivity contribution in [2.45, 2.75) is 44.3 Å². The molecule has 1 saturated heterocycles. The molecule has 0 spiro atoms. The van der Waals surface area contributed by atoms with Crippen LogP contribution in [0.4, 0.5) is 0 Å². The van der Waals surface area contributed by atoms with Crippen molar-refractivity contribution in [1.82, 2.24) is 9.55 Å². The third kappa shape index (κ3) is 3.61. The Hall–Kier alpha value is -1.00. The van der Waals surface area contributed by atoms with Crippen LogP contribution in [0.15, 0.2) is 29.4 Å². The van der Waals surface area contributed by atoms with E-state index in [0.29, 0.717) is 5.92 Å². The predicted octanol–water partition coefficient (Wildman–Crippen LogP) is 4.36. The summed E-state index contributed by atoms with van der Waals surface area (Å²) in [5, 5.41) is 1.18. The Kier molecular flexibility index (Phi) is 5.20. The van der Waals surface area contributed by atoms with Crippen molar-refractivity contribution in [3.8, 4) is 0 Å². The smallest absolute Gasteiger partial charge is 0.169 e. The first kappa shape index (κ1) is 14.9. The summed E-state index contributed by atoms with van der Waals surface area (Å²) in [6.07, 6.45) is 4.97. The first-order valence-corrected chi connectivity index (χ1v) is 9.03. The topological polar surface area (TPSA) is 27.1 Å². The highest BCUT2D eigenvalue weighted by molar-refractivity contribution is 7.99. The lowest BCUT2D eigenvalue weighted by molar-refractivity contribution is 0.189. The molecule has 2 aromatic rings. The Bertz CT molecular complexity index is 575. The van der Waals surface area contributed by atoms with Gasteiger partial charge in [-0.2, -0.15) is 0 Å². The van der Waals surface area contributed by atoms with Crippen molar-refractivity contribution >= 4 is 22.8 Å². The number of hydrogen-bond acceptors (Lipinski definition) is 3. The largest absolute Gasteiger partial charge is 0.381 e. The SMILES string of the molecule is CCCCCn1c(SCC2CCOC2)nc2ccccc21. The Labute approximate surface area is 131 Å². The normalized spacial score (nSPS) is 18.6. The summed E-state index contributed by atoms with van der Waals surface area (Å²) in [4.78, 5) is 4.84. The van der Waals surface area contributed by atoms with E-state index in [-0.39, 0.29) is 0 Å². The monoisotopic (exact) mass is 304 g/mol. The second-order valence-electron chi connectivity index (χ2n) is 5.78. The molecule has 0 amide bonds. The van der Waals surface area contributed by atoms with Gasteiger partial charge in [0.1, 0.15) is 0 Å². The van der Waals surface area contributed by atoms with Crippen LogP contribution in [0, 0.1) is 5.92 Å². The van der Waals surface area contributed by atoms with Gasteiger partial charge in [0.05, 0.1) is 17.6 Å². The molecule has 21 heavy (non-hydrogen) atoms. The van der Waals surface area contributed by atoms with E-state index >= 15 is 0 Å². The number of ether oxygens (including phenoxy) is 1. The maximum Gasteiger partial charge on any atom is 0.169 e. The summed E-state index contributed by atoms with van der Waals surface area (Å²) < 4.78 is 7.88. The van der Waals surface area contributed by atoms with Crippen LogP contribution in [0.5, 0.6) is 0 Å². The van der Waals surface area contributed by atoms with Gasteiger partial charge in [0.25, 0.3) is 0 Å². The van der Waals surface area contributed by atoms with Gasteiger partial charge in [-0.3, -0.25) is 0 Å². The number of imidazole rings is 1. The molecule has 3 rings (SSSR count). The van der Waals surface area contributed by atoms with Gasteiger partial charge in [0.15, 0.2) is 5.16 Å². The first-order valence-electron chi connectivity index (χ1n) is 8.04. The van der Waals surface area contributed by atoms with Crippen molar-refractivity contribution in [1.29, 1.82) is 0 Å². The molecule has 0 radical (unpaired) electrons. The fourth-order valence-electron chi connectivity index (χ4n) is 2.81. The van der Waals surface area contributed by atoms with Crippen LogP contribution in [0.2, 0.25) is 0 Å². The van der Waals surface area contributed by atoms with Crippen LogP contribution in [-0.2, 0) is 11.3 Å². The number of fused-ring (bicyclic) bond motifs is 1. The molecule has 4 heteroatoms. The number of para-hydroxylation sites is 2. The molecule has 1 aliphatic heterocycles. The van der Waals surface area contributed by atoms with Gasteiger partial charge >= 0.3 is 0 Å². The lowest BCUT2D eigenvalue weighted by Gasteiger charge is -2.10. The number of unbranched alkanes of at least 4 members (excludes halogenated alkanes) is 2. The summed E-state index contributed by atoms with van der Waals surface area (Å²) in [6, 6.07) is 8.50. The molecule has 3 nitrogen and oxygen atoms in total. The summed E-state index contributed by atoms with van der Waals surface area (Å²) in [5.41, 5.74) is 2.40. The summed E-state index contributed by atoms with van der Waals surface area (Å²) in [7, 11) is 0. The van der Waals surface area contributed by atoms with E-state index in [1.807, 2.05) is 11.8 Å². The molecule has 1 aliphatic rings. The van der Waals surface area contributed by atoms with Crippen molar-refractivity contribution < 1.29 is 4.74 Å². The van der Waals surface area contributed by atoms with Crippen LogP contribution < -0.4 is 0 Å². The summed E-state index contributed by atoms with van der Waals surface area (Å²) in [6.45, 7) is 5.18. The van der Waals surface area contributed by atoms with Gasteiger partial charge in [-0.1, -0.05) is 43.7 Å². The van der Waals surface area contributed by atoms with Gasteiger partial charge in [-0.25, -0.2) is 4.98 Å². The summed E-state index contributed by atoms with van der Waals surface area (Å²) >= 11 is 1.90. The zero-order valence-corrected chi connectivity index (χ0v) is 13.6. The van der Waals surface area contributed by atoms with Gasteiger partial charge < -0.3 is 9.30 Å². The highest BCUT2D eigenvalue weighted by Gasteiger charge is 2.18. The minimum Gasteiger partial charge on any atom is -0.381 e. The van der Waals surface area contributed by atoms with E-state index in [9.17, 15) is 0 Å². The van der Waals surface area contributed by atoms with Gasteiger partial charge in [0, 0.05) is 18.9 Å². The van der Waals surface area contributed by atoms with Crippen molar-refractivity contribution in [2.24, 2.45) is 5.92 Å². The van der Waals surface area contributed by atoms with Crippen molar-refractivity contribution in [2.75, 3.05) is 19.0 Å². The van der Waals surface area contributed by atoms with E-state index in [4.69, 9.17) is 9.72 Å². The standard InChI is InChI=1S/C17H24N2OS/c1-2-3-6-10-19-16-8-5-4-7-15(16)18-17(19)21-13-14-9-11-20-12-14/h4-5,7-8,14H,2-3,6,9-13H2,1H3. The molecule has 114 valence electrons. The number of hydrogen-bond donors (Lipinski definition) is 0. The zero-order valence-electron chi connectivity index (χ0n) is 12.8. The third-order valence-electron chi connectivity index (χ3n) is 4.08. The lowest BCUT2D eigenvalue weighted by atomic mass is 10.2. The van der Waals surface area contributed by atoms with E-state index in [2.05, 4.69) is 35.8 Å². The maximum absolute atomic E-state index is 5.47. The minimum absolute atomic E-state index is 0.693. The Morgan fingerprint density at radius 3 is 3.05 bits per heavy atom. The highest BCUT2D eigenvalue weighted by atomic mass is 32.2. The molecule has 0 saturated carbocycles. The molecule has 0 bridgehead atoms. The van der Waals surface area contributed by atoms with Gasteiger partial charge in [-0.05, 0) is 30.9 Å². The minimum atomic E-state index is 0.693. The van der Waals surface area contributed by atoms with Gasteiger partial charge in [0.2, 0.25) is 0 Å². The number of nitrogens with zero attached hydrogens (tertiary/aromatic N) is 2. The highest BCUT2D eigenvalue weighted by Crippen LogP contribution is 2.28. The van der Waals surface area contributed by atoms with Crippen LogP contribution >= 0.6 is 11.8 Å². The molecule has 1 unspecified atom stereocenters. The van der Waals surface area contributed by atoms with E-state index in [1.54, 1.807) is 0 Å². The lowest BCUT2D eigenvalue weighted by Crippen LogP contribution is -2.05. The maximum atomic E-state index is 5.47. The molecule has 0 N–H and O–H groups in total. The average molecular weight is 304 g/mol. The molecule has 1 aromatic carbocycles. The van der Waals surface area contributed by atoms with E-state index in [1.165, 1.54) is 36.4 Å². The quantitative estimate of drug-likeness (QED) is 0.562.